The third-order valence-electron chi connectivity index (χ3n) is 4.55. The van der Waals surface area contributed by atoms with Gasteiger partial charge in [-0.1, -0.05) is 51.4 Å². The minimum absolute atomic E-state index is 0.243. The van der Waals surface area contributed by atoms with Crippen LogP contribution in [0.25, 0.3) is 0 Å². The van der Waals surface area contributed by atoms with Crippen LogP contribution in [0.3, 0.4) is 0 Å². The van der Waals surface area contributed by atoms with Crippen molar-refractivity contribution < 1.29 is 23.9 Å². The second-order valence-electron chi connectivity index (χ2n) is 7.49. The number of ether oxygens (including phenoxy) is 1. The lowest BCUT2D eigenvalue weighted by Gasteiger charge is -2.04. The molecule has 0 radical (unpaired) electrons. The molecular weight excluding hydrogens is 344 g/mol. The number of rotatable bonds is 18. The Hall–Kier alpha value is -1.52. The number of unbranched alkanes of at least 4 members (excludes halogenated alkanes) is 10. The van der Waals surface area contributed by atoms with Gasteiger partial charge in [0.2, 0.25) is 0 Å². The molecule has 0 aliphatic heterocycles. The van der Waals surface area contributed by atoms with Crippen molar-refractivity contribution in [3.63, 3.8) is 0 Å². The Balaban J connectivity index is 3.40. The lowest BCUT2D eigenvalue weighted by atomic mass is 10.1. The van der Waals surface area contributed by atoms with Crippen molar-refractivity contribution in [1.82, 2.24) is 0 Å². The van der Waals surface area contributed by atoms with Crippen LogP contribution in [0, 0.1) is 0 Å². The van der Waals surface area contributed by atoms with Crippen molar-refractivity contribution >= 4 is 23.5 Å². The molecule has 0 fully saturated rings. The predicted molar refractivity (Wildman–Crippen MR) is 106 cm³/mol. The Morgan fingerprint density at radius 3 is 1.00 bits per heavy atom. The Bertz CT molecular complexity index is 402. The molecule has 5 nitrogen and oxygen atoms in total. The van der Waals surface area contributed by atoms with E-state index in [-0.39, 0.29) is 11.6 Å². The number of hydrogen-bond donors (Lipinski definition) is 0. The van der Waals surface area contributed by atoms with Crippen LogP contribution < -0.4 is 0 Å². The molecule has 0 atom stereocenters. The van der Waals surface area contributed by atoms with Gasteiger partial charge in [0.15, 0.2) is 0 Å². The number of hydrogen-bond acceptors (Lipinski definition) is 5. The van der Waals surface area contributed by atoms with Gasteiger partial charge in [0.05, 0.1) is 0 Å². The van der Waals surface area contributed by atoms with E-state index in [0.29, 0.717) is 25.7 Å². The molecule has 0 aromatic rings. The maximum atomic E-state index is 11.6. The van der Waals surface area contributed by atoms with Crippen LogP contribution in [0.15, 0.2) is 0 Å². The topological polar surface area (TPSA) is 77.5 Å². The van der Waals surface area contributed by atoms with Gasteiger partial charge in [-0.15, -0.1) is 0 Å². The molecule has 0 saturated heterocycles. The SMILES string of the molecule is CC(=O)CCCCCCCCC(=O)OC(=O)CCCCCCCCC(C)=O. The summed E-state index contributed by atoms with van der Waals surface area (Å²) in [7, 11) is 0. The Kier molecular flexibility index (Phi) is 16.9. The molecule has 27 heavy (non-hydrogen) atoms. The number of ketones is 2. The monoisotopic (exact) mass is 382 g/mol. The van der Waals surface area contributed by atoms with Gasteiger partial charge in [0.25, 0.3) is 0 Å². The average molecular weight is 383 g/mol. The first-order chi connectivity index (χ1) is 12.9. The van der Waals surface area contributed by atoms with Crippen molar-refractivity contribution in [1.29, 1.82) is 0 Å². The lowest BCUT2D eigenvalue weighted by Crippen LogP contribution is -2.11. The molecule has 0 aliphatic carbocycles. The van der Waals surface area contributed by atoms with Gasteiger partial charge in [-0.2, -0.15) is 0 Å². The van der Waals surface area contributed by atoms with Crippen LogP contribution in [0.2, 0.25) is 0 Å². The van der Waals surface area contributed by atoms with Gasteiger partial charge in [0, 0.05) is 25.7 Å². The number of esters is 2. The molecule has 5 heteroatoms. The summed E-state index contributed by atoms with van der Waals surface area (Å²) in [5, 5.41) is 0. The minimum atomic E-state index is -0.416. The third-order valence-corrected chi connectivity index (χ3v) is 4.55. The van der Waals surface area contributed by atoms with E-state index in [9.17, 15) is 19.2 Å². The molecule has 0 heterocycles. The fraction of sp³-hybridized carbons (Fsp3) is 0.818. The van der Waals surface area contributed by atoms with Crippen LogP contribution >= 0.6 is 0 Å². The molecule has 0 amide bonds. The Labute approximate surface area is 164 Å². The van der Waals surface area contributed by atoms with E-state index in [1.165, 1.54) is 0 Å². The molecule has 156 valence electrons. The highest BCUT2D eigenvalue weighted by Gasteiger charge is 2.09. The van der Waals surface area contributed by atoms with E-state index >= 15 is 0 Å². The van der Waals surface area contributed by atoms with E-state index in [1.54, 1.807) is 13.8 Å². The van der Waals surface area contributed by atoms with Crippen LogP contribution in [0.4, 0.5) is 0 Å². The Morgan fingerprint density at radius 2 is 0.704 bits per heavy atom. The van der Waals surface area contributed by atoms with E-state index < -0.39 is 11.9 Å². The number of Topliss-reactive ketones (excluding diaryl/α,β-unsaturated/α-hetero) is 2. The van der Waals surface area contributed by atoms with Crippen molar-refractivity contribution in [2.75, 3.05) is 0 Å². The first kappa shape index (κ1) is 25.5. The third kappa shape index (κ3) is 20.6. The fourth-order valence-corrected chi connectivity index (χ4v) is 2.93. The van der Waals surface area contributed by atoms with Crippen molar-refractivity contribution in [2.24, 2.45) is 0 Å². The minimum Gasteiger partial charge on any atom is -0.393 e. The summed E-state index contributed by atoms with van der Waals surface area (Å²) >= 11 is 0. The molecule has 0 aromatic carbocycles. The van der Waals surface area contributed by atoms with Gasteiger partial charge in [0.1, 0.15) is 11.6 Å². The molecule has 0 rings (SSSR count). The summed E-state index contributed by atoms with van der Waals surface area (Å²) in [6.45, 7) is 3.23. The largest absolute Gasteiger partial charge is 0.393 e. The highest BCUT2D eigenvalue weighted by atomic mass is 16.6. The van der Waals surface area contributed by atoms with E-state index in [0.717, 1.165) is 77.0 Å². The quantitative estimate of drug-likeness (QED) is 0.178. The standard InChI is InChI=1S/C22H38O5/c1-19(23)15-11-7-3-5-9-13-17-21(25)27-22(26)18-14-10-6-4-8-12-16-20(2)24/h3-18H2,1-2H3. The molecule has 0 bridgehead atoms. The fourth-order valence-electron chi connectivity index (χ4n) is 2.93. The van der Waals surface area contributed by atoms with Crippen LogP contribution in [0.1, 0.15) is 117 Å². The second kappa shape index (κ2) is 17.9. The number of carbonyl (C=O) groups excluding carboxylic acids is 4. The first-order valence-corrected chi connectivity index (χ1v) is 10.6. The summed E-state index contributed by atoms with van der Waals surface area (Å²) < 4.78 is 4.84. The normalized spacial score (nSPS) is 10.6. The second-order valence-corrected chi connectivity index (χ2v) is 7.49. The lowest BCUT2D eigenvalue weighted by molar-refractivity contribution is -0.159. The van der Waals surface area contributed by atoms with Gasteiger partial charge in [-0.25, -0.2) is 0 Å². The smallest absolute Gasteiger partial charge is 0.313 e. The molecule has 0 spiro atoms. The maximum Gasteiger partial charge on any atom is 0.313 e. The van der Waals surface area contributed by atoms with E-state index in [2.05, 4.69) is 0 Å². The summed E-state index contributed by atoms with van der Waals surface area (Å²) in [6.07, 6.45) is 13.6. The van der Waals surface area contributed by atoms with Gasteiger partial charge < -0.3 is 14.3 Å². The van der Waals surface area contributed by atoms with E-state index in [4.69, 9.17) is 4.74 Å². The molecule has 0 unspecified atom stereocenters. The van der Waals surface area contributed by atoms with Gasteiger partial charge >= 0.3 is 11.9 Å². The van der Waals surface area contributed by atoms with Gasteiger partial charge in [-0.3, -0.25) is 9.59 Å². The zero-order chi connectivity index (χ0) is 20.3. The number of carbonyl (C=O) groups is 4. The van der Waals surface area contributed by atoms with Crippen molar-refractivity contribution in [3.05, 3.63) is 0 Å². The molecular formula is C22H38O5. The molecule has 0 N–H and O–H groups in total. The predicted octanol–water partition coefficient (Wildman–Crippen LogP) is 5.48. The van der Waals surface area contributed by atoms with Crippen molar-refractivity contribution in [2.45, 2.75) is 117 Å². The highest BCUT2D eigenvalue weighted by molar-refractivity contribution is 5.85. The van der Waals surface area contributed by atoms with Crippen LogP contribution in [-0.4, -0.2) is 23.5 Å². The van der Waals surface area contributed by atoms with E-state index in [1.807, 2.05) is 0 Å². The van der Waals surface area contributed by atoms with Gasteiger partial charge in [-0.05, 0) is 39.5 Å². The average Bonchev–Trinajstić information content (AvgIpc) is 2.59. The molecule has 0 aromatic heterocycles. The summed E-state index contributed by atoms with van der Waals surface area (Å²) in [5.74, 6) is -0.347. The van der Waals surface area contributed by atoms with Crippen molar-refractivity contribution in [3.8, 4) is 0 Å². The molecule has 0 aliphatic rings. The zero-order valence-electron chi connectivity index (χ0n) is 17.4. The summed E-state index contributed by atoms with van der Waals surface area (Å²) in [5.41, 5.74) is 0. The Morgan fingerprint density at radius 1 is 0.444 bits per heavy atom. The zero-order valence-corrected chi connectivity index (χ0v) is 17.4. The summed E-state index contributed by atoms with van der Waals surface area (Å²) in [6, 6.07) is 0. The van der Waals surface area contributed by atoms with Crippen LogP contribution in [0.5, 0.6) is 0 Å². The van der Waals surface area contributed by atoms with Crippen LogP contribution in [-0.2, 0) is 23.9 Å². The molecule has 0 saturated carbocycles. The summed E-state index contributed by atoms with van der Waals surface area (Å²) in [4.78, 5) is 44.9. The highest BCUT2D eigenvalue weighted by Crippen LogP contribution is 2.11. The first-order valence-electron chi connectivity index (χ1n) is 10.6. The maximum absolute atomic E-state index is 11.6.